The Kier molecular flexibility index (Phi) is 7.02. The van der Waals surface area contributed by atoms with Crippen LogP contribution in [-0.2, 0) is 17.2 Å². The van der Waals surface area contributed by atoms with Gasteiger partial charge >= 0.3 is 5.51 Å². The normalized spacial score (nSPS) is 22.4. The third-order valence-corrected chi connectivity index (χ3v) is 9.54. The van der Waals surface area contributed by atoms with E-state index in [9.17, 15) is 22.5 Å². The number of alkyl halides is 3. The Labute approximate surface area is 209 Å². The molecule has 1 atom stereocenters. The van der Waals surface area contributed by atoms with Gasteiger partial charge in [0.05, 0.1) is 28.6 Å². The van der Waals surface area contributed by atoms with Crippen molar-refractivity contribution < 1.29 is 22.5 Å². The lowest BCUT2D eigenvalue weighted by Crippen LogP contribution is -2.49. The van der Waals surface area contributed by atoms with Crippen molar-refractivity contribution in [3.63, 3.8) is 0 Å². The van der Waals surface area contributed by atoms with Crippen LogP contribution in [0.25, 0.3) is 0 Å². The highest BCUT2D eigenvalue weighted by atomic mass is 32.2. The van der Waals surface area contributed by atoms with Crippen LogP contribution in [-0.4, -0.2) is 55.8 Å². The number of thioether (sulfide) groups is 1. The van der Waals surface area contributed by atoms with Gasteiger partial charge in [-0.3, -0.25) is 4.21 Å². The van der Waals surface area contributed by atoms with Crippen LogP contribution in [0.2, 0.25) is 0 Å². The molecule has 0 radical (unpaired) electrons. The minimum absolute atomic E-state index is 0.0133. The van der Waals surface area contributed by atoms with E-state index in [0.29, 0.717) is 22.4 Å². The number of halogens is 3. The van der Waals surface area contributed by atoms with Gasteiger partial charge in [0, 0.05) is 23.7 Å². The quantitative estimate of drug-likeness (QED) is 0.521. The molecule has 35 heavy (non-hydrogen) atoms. The lowest BCUT2D eigenvalue weighted by atomic mass is 9.77. The molecule has 1 aliphatic carbocycles. The highest BCUT2D eigenvalue weighted by Gasteiger charge is 2.39. The summed E-state index contributed by atoms with van der Waals surface area (Å²) >= 11 is -0.0906. The van der Waals surface area contributed by atoms with E-state index in [2.05, 4.69) is 10.2 Å². The number of hydrogen-bond donors (Lipinski definition) is 2. The van der Waals surface area contributed by atoms with Gasteiger partial charge in [0.2, 0.25) is 5.95 Å². The maximum atomic E-state index is 12.8. The van der Waals surface area contributed by atoms with Crippen molar-refractivity contribution in [2.45, 2.75) is 71.7 Å². The van der Waals surface area contributed by atoms with Gasteiger partial charge < -0.3 is 15.3 Å². The first-order chi connectivity index (χ1) is 16.8. The molecule has 2 aromatic rings. The summed E-state index contributed by atoms with van der Waals surface area (Å²) in [4.78, 5) is 12.6. The zero-order chi connectivity index (χ0) is 24.6. The number of nitrogens with zero attached hydrogens (tertiary/aromatic N) is 3. The third-order valence-electron chi connectivity index (χ3n) is 7.25. The van der Waals surface area contributed by atoms with Crippen molar-refractivity contribution in [1.29, 1.82) is 0 Å². The van der Waals surface area contributed by atoms with Crippen LogP contribution < -0.4 is 10.2 Å². The average Bonchev–Trinajstić information content (AvgIpc) is 2.81. The van der Waals surface area contributed by atoms with E-state index in [1.807, 2.05) is 0 Å². The summed E-state index contributed by atoms with van der Waals surface area (Å²) in [5.74, 6) is 2.08. The summed E-state index contributed by atoms with van der Waals surface area (Å²) in [7, 11) is -1.15. The molecule has 6 nitrogen and oxygen atoms in total. The number of aliphatic hydroxyl groups excluding tert-OH is 1. The fraction of sp³-hybridized carbons (Fsp3) is 0.583. The second-order valence-electron chi connectivity index (χ2n) is 9.60. The number of rotatable bonds is 6. The topological polar surface area (TPSA) is 78.4 Å². The molecule has 3 aliphatic rings. The molecule has 2 N–H and O–H groups in total. The number of aromatic nitrogens is 2. The summed E-state index contributed by atoms with van der Waals surface area (Å²) < 4.78 is 50.6. The minimum Gasteiger partial charge on any atom is -0.394 e. The van der Waals surface area contributed by atoms with E-state index in [-0.39, 0.29) is 29.2 Å². The van der Waals surface area contributed by atoms with Crippen LogP contribution in [0.5, 0.6) is 0 Å². The third kappa shape index (κ3) is 5.46. The molecule has 1 saturated carbocycles. The molecule has 1 saturated heterocycles. The van der Waals surface area contributed by atoms with Crippen LogP contribution in [0.15, 0.2) is 34.1 Å². The minimum atomic E-state index is -4.28. The molecule has 0 unspecified atom stereocenters. The monoisotopic (exact) mass is 526 g/mol. The number of anilines is 2. The van der Waals surface area contributed by atoms with Crippen LogP contribution in [0, 0.1) is 0 Å². The lowest BCUT2D eigenvalue weighted by Gasteiger charge is -2.42. The van der Waals surface area contributed by atoms with Crippen molar-refractivity contribution in [3.8, 4) is 0 Å². The Bertz CT molecular complexity index is 1080. The van der Waals surface area contributed by atoms with Gasteiger partial charge in [-0.1, -0.05) is 12.1 Å². The number of aryl methyl sites for hydroxylation is 1. The molecule has 2 fully saturated rings. The molecular formula is C24H29F3N4O2S2. The summed E-state index contributed by atoms with van der Waals surface area (Å²) in [6.45, 7) is 1.48. The van der Waals surface area contributed by atoms with Crippen LogP contribution >= 0.6 is 11.8 Å². The zero-order valence-electron chi connectivity index (χ0n) is 19.3. The standard InChI is InChI=1S/C24H29F3N4O2S2/c25-24(26,27)34-18-6-4-16(5-7-18)17-8-12-31(13-9-17)22-28-19-3-1-14-35(33)20(19)21(29-22)30-23(15-32)10-2-11-23/h4-7,17,32H,1-3,8-15H2,(H,28,29,30)/t35-/m1/s1. The summed E-state index contributed by atoms with van der Waals surface area (Å²) in [5.41, 5.74) is -2.80. The van der Waals surface area contributed by atoms with Gasteiger partial charge in [-0.05, 0) is 80.3 Å². The van der Waals surface area contributed by atoms with Gasteiger partial charge in [0.25, 0.3) is 0 Å². The number of hydrogen-bond acceptors (Lipinski definition) is 7. The highest BCUT2D eigenvalue weighted by molar-refractivity contribution is 8.00. The first-order valence-corrected chi connectivity index (χ1v) is 14.2. The van der Waals surface area contributed by atoms with Crippen molar-refractivity contribution in [1.82, 2.24) is 9.97 Å². The summed E-state index contributed by atoms with van der Waals surface area (Å²) in [6.07, 6.45) is 6.04. The molecule has 0 amide bonds. The van der Waals surface area contributed by atoms with Crippen LogP contribution in [0.4, 0.5) is 24.9 Å². The van der Waals surface area contributed by atoms with Gasteiger partial charge in [0.1, 0.15) is 10.7 Å². The van der Waals surface area contributed by atoms with E-state index in [0.717, 1.165) is 69.3 Å². The number of fused-ring (bicyclic) bond motifs is 1. The van der Waals surface area contributed by atoms with Gasteiger partial charge in [-0.25, -0.2) is 4.98 Å². The molecule has 0 bridgehead atoms. The molecule has 2 aliphatic heterocycles. The number of piperidine rings is 1. The largest absolute Gasteiger partial charge is 0.446 e. The molecule has 190 valence electrons. The van der Waals surface area contributed by atoms with E-state index in [1.165, 1.54) is 0 Å². The van der Waals surface area contributed by atoms with E-state index in [1.54, 1.807) is 24.3 Å². The second-order valence-corrected chi connectivity index (χ2v) is 12.2. The molecular weight excluding hydrogens is 497 g/mol. The number of benzene rings is 1. The maximum absolute atomic E-state index is 12.8. The fourth-order valence-electron chi connectivity index (χ4n) is 5.12. The Morgan fingerprint density at radius 3 is 2.46 bits per heavy atom. The van der Waals surface area contributed by atoms with Gasteiger partial charge in [-0.15, -0.1) is 0 Å². The molecule has 1 aromatic heterocycles. The highest BCUT2D eigenvalue weighted by Crippen LogP contribution is 2.40. The molecule has 11 heteroatoms. The maximum Gasteiger partial charge on any atom is 0.446 e. The Balaban J connectivity index is 1.31. The van der Waals surface area contributed by atoms with Crippen LogP contribution in [0.3, 0.4) is 0 Å². The number of aliphatic hydroxyl groups is 1. The summed E-state index contributed by atoms with van der Waals surface area (Å²) in [5, 5.41) is 13.4. The van der Waals surface area contributed by atoms with Crippen molar-refractivity contribution in [2.75, 3.05) is 35.7 Å². The second kappa shape index (κ2) is 9.89. The average molecular weight is 527 g/mol. The first kappa shape index (κ1) is 24.8. The molecule has 3 heterocycles. The Hall–Kier alpha value is -1.85. The summed E-state index contributed by atoms with van der Waals surface area (Å²) in [6, 6.07) is 6.69. The Morgan fingerprint density at radius 2 is 1.86 bits per heavy atom. The van der Waals surface area contributed by atoms with Gasteiger partial charge in [-0.2, -0.15) is 18.2 Å². The van der Waals surface area contributed by atoms with E-state index in [4.69, 9.17) is 9.97 Å². The SMILES string of the molecule is O=[S@@]1CCCc2nc(N3CCC(c4ccc(SC(F)(F)F)cc4)CC3)nc(NC3(CO)CCC3)c21. The lowest BCUT2D eigenvalue weighted by molar-refractivity contribution is -0.0328. The number of nitrogens with one attached hydrogen (secondary N) is 1. The first-order valence-electron chi connectivity index (χ1n) is 12.0. The van der Waals surface area contributed by atoms with Gasteiger partial charge in [0.15, 0.2) is 0 Å². The predicted octanol–water partition coefficient (Wildman–Crippen LogP) is 4.85. The Morgan fingerprint density at radius 1 is 1.14 bits per heavy atom. The smallest absolute Gasteiger partial charge is 0.394 e. The van der Waals surface area contributed by atoms with E-state index >= 15 is 0 Å². The van der Waals surface area contributed by atoms with Crippen molar-refractivity contribution >= 4 is 34.3 Å². The van der Waals surface area contributed by atoms with Crippen molar-refractivity contribution in [2.24, 2.45) is 0 Å². The van der Waals surface area contributed by atoms with E-state index < -0.39 is 21.8 Å². The zero-order valence-corrected chi connectivity index (χ0v) is 20.9. The predicted molar refractivity (Wildman–Crippen MR) is 131 cm³/mol. The molecule has 0 spiro atoms. The molecule has 5 rings (SSSR count). The fourth-order valence-corrected chi connectivity index (χ4v) is 7.00. The van der Waals surface area contributed by atoms with Crippen LogP contribution in [0.1, 0.15) is 55.7 Å². The molecule has 1 aromatic carbocycles. The van der Waals surface area contributed by atoms with Crippen molar-refractivity contribution in [3.05, 3.63) is 35.5 Å².